The monoisotopic (exact) mass is 358 g/mol. The minimum absolute atomic E-state index is 0.0309. The summed E-state index contributed by atoms with van der Waals surface area (Å²) in [6, 6.07) is 5.54. The third-order valence-corrected chi connectivity index (χ3v) is 5.67. The van der Waals surface area contributed by atoms with Gasteiger partial charge in [0.15, 0.2) is 6.61 Å². The fourth-order valence-electron chi connectivity index (χ4n) is 4.08. The van der Waals surface area contributed by atoms with Gasteiger partial charge >= 0.3 is 0 Å². The van der Waals surface area contributed by atoms with Crippen LogP contribution in [-0.2, 0) is 9.59 Å². The molecule has 1 N–H and O–H groups in total. The highest BCUT2D eigenvalue weighted by atomic mass is 16.5. The van der Waals surface area contributed by atoms with Crippen molar-refractivity contribution in [1.29, 1.82) is 0 Å². The first kappa shape index (κ1) is 18.7. The first-order chi connectivity index (χ1) is 12.6. The molecule has 1 aliphatic heterocycles. The lowest BCUT2D eigenvalue weighted by molar-refractivity contribution is -0.122. The van der Waals surface area contributed by atoms with E-state index in [-0.39, 0.29) is 24.3 Å². The van der Waals surface area contributed by atoms with Crippen LogP contribution in [0.1, 0.15) is 58.8 Å². The Balaban J connectivity index is 1.58. The summed E-state index contributed by atoms with van der Waals surface area (Å²) in [5, 5.41) is 3.04. The lowest BCUT2D eigenvalue weighted by Crippen LogP contribution is -2.38. The van der Waals surface area contributed by atoms with Gasteiger partial charge in [-0.15, -0.1) is 0 Å². The highest BCUT2D eigenvalue weighted by Gasteiger charge is 2.27. The molecule has 3 rings (SSSR count). The van der Waals surface area contributed by atoms with E-state index in [1.54, 1.807) is 4.90 Å². The minimum atomic E-state index is -0.0309. The molecule has 1 heterocycles. The Labute approximate surface area is 156 Å². The maximum absolute atomic E-state index is 12.6. The van der Waals surface area contributed by atoms with Crippen molar-refractivity contribution in [2.75, 3.05) is 23.4 Å². The third kappa shape index (κ3) is 4.19. The van der Waals surface area contributed by atoms with Crippen molar-refractivity contribution in [2.24, 2.45) is 11.8 Å². The molecule has 0 atom stereocenters. The second kappa shape index (κ2) is 8.56. The number of carbonyl (C=O) groups is 2. The molecule has 1 aromatic carbocycles. The Morgan fingerprint density at radius 2 is 2.00 bits per heavy atom. The van der Waals surface area contributed by atoms with E-state index in [1.165, 1.54) is 32.1 Å². The van der Waals surface area contributed by atoms with Crippen LogP contribution in [0, 0.1) is 11.8 Å². The van der Waals surface area contributed by atoms with Gasteiger partial charge in [-0.1, -0.05) is 26.2 Å². The van der Waals surface area contributed by atoms with Crippen LogP contribution in [0.4, 0.5) is 11.4 Å². The average Bonchev–Trinajstić information content (AvgIpc) is 2.66. The van der Waals surface area contributed by atoms with E-state index >= 15 is 0 Å². The molecule has 2 amide bonds. The second-order valence-electron chi connectivity index (χ2n) is 7.46. The van der Waals surface area contributed by atoms with E-state index in [1.807, 2.05) is 25.1 Å². The lowest BCUT2D eigenvalue weighted by atomic mass is 9.79. The maximum atomic E-state index is 12.6. The number of hydrogen-bond donors (Lipinski definition) is 1. The number of anilines is 2. The van der Waals surface area contributed by atoms with Crippen LogP contribution in [0.5, 0.6) is 5.75 Å². The van der Waals surface area contributed by atoms with Crippen LogP contribution in [0.2, 0.25) is 0 Å². The Hall–Kier alpha value is -2.04. The molecule has 1 aliphatic carbocycles. The number of amides is 2. The molecular formula is C21H30N2O3. The molecule has 5 nitrogen and oxygen atoms in total. The number of ether oxygens (including phenoxy) is 1. The summed E-state index contributed by atoms with van der Waals surface area (Å²) in [6.45, 7) is 4.85. The number of nitrogens with zero attached hydrogens (tertiary/aromatic N) is 1. The van der Waals surface area contributed by atoms with Gasteiger partial charge in [0.1, 0.15) is 5.75 Å². The molecule has 0 bridgehead atoms. The molecule has 0 spiro atoms. The van der Waals surface area contributed by atoms with Crippen LogP contribution in [-0.4, -0.2) is 25.0 Å². The molecule has 0 radical (unpaired) electrons. The van der Waals surface area contributed by atoms with E-state index in [0.717, 1.165) is 30.1 Å². The van der Waals surface area contributed by atoms with Gasteiger partial charge in [-0.3, -0.25) is 9.59 Å². The number of hydrogen-bond acceptors (Lipinski definition) is 3. The molecule has 0 aromatic heterocycles. The number of likely N-dealkylation sites (N-methyl/N-ethyl adjacent to an activating group) is 1. The molecule has 0 saturated heterocycles. The number of rotatable bonds is 6. The Kier molecular flexibility index (Phi) is 6.17. The van der Waals surface area contributed by atoms with Gasteiger partial charge in [-0.05, 0) is 50.7 Å². The molecular weight excluding hydrogens is 328 g/mol. The summed E-state index contributed by atoms with van der Waals surface area (Å²) in [4.78, 5) is 26.2. The lowest BCUT2D eigenvalue weighted by Gasteiger charge is -2.29. The van der Waals surface area contributed by atoms with Crippen molar-refractivity contribution >= 4 is 23.2 Å². The molecule has 1 fully saturated rings. The van der Waals surface area contributed by atoms with Crippen LogP contribution in [0.3, 0.4) is 0 Å². The Morgan fingerprint density at radius 1 is 1.23 bits per heavy atom. The van der Waals surface area contributed by atoms with Crippen molar-refractivity contribution < 1.29 is 14.3 Å². The summed E-state index contributed by atoms with van der Waals surface area (Å²) in [5.74, 6) is 1.65. The first-order valence-electron chi connectivity index (χ1n) is 10.0. The zero-order chi connectivity index (χ0) is 18.5. The van der Waals surface area contributed by atoms with Crippen molar-refractivity contribution in [3.8, 4) is 5.75 Å². The largest absolute Gasteiger partial charge is 0.481 e. The highest BCUT2D eigenvalue weighted by molar-refractivity contribution is 5.99. The van der Waals surface area contributed by atoms with E-state index in [4.69, 9.17) is 4.74 Å². The number of benzene rings is 1. The third-order valence-electron chi connectivity index (χ3n) is 5.67. The first-order valence-corrected chi connectivity index (χ1v) is 10.0. The van der Waals surface area contributed by atoms with E-state index in [9.17, 15) is 9.59 Å². The molecule has 1 aromatic rings. The summed E-state index contributed by atoms with van der Waals surface area (Å²) >= 11 is 0. The number of fused-ring (bicyclic) bond motifs is 1. The van der Waals surface area contributed by atoms with Gasteiger partial charge in [0, 0.05) is 24.2 Å². The number of carbonyl (C=O) groups excluding carboxylic acids is 2. The van der Waals surface area contributed by atoms with Gasteiger partial charge in [0.25, 0.3) is 5.91 Å². The second-order valence-corrected chi connectivity index (χ2v) is 7.46. The van der Waals surface area contributed by atoms with Gasteiger partial charge in [0.2, 0.25) is 5.91 Å². The fourth-order valence-corrected chi connectivity index (χ4v) is 4.08. The van der Waals surface area contributed by atoms with Crippen LogP contribution in [0.15, 0.2) is 18.2 Å². The Morgan fingerprint density at radius 3 is 2.69 bits per heavy atom. The summed E-state index contributed by atoms with van der Waals surface area (Å²) in [6.07, 6.45) is 8.16. The molecule has 26 heavy (non-hydrogen) atoms. The van der Waals surface area contributed by atoms with Crippen molar-refractivity contribution in [3.63, 3.8) is 0 Å². The number of unbranched alkanes of at least 4 members (excludes halogenated alkanes) is 1. The SMILES string of the molecule is CCCCC1CCC(C(=O)Nc2ccc3c(c2)OCC(=O)N3CC)CC1. The number of nitrogens with one attached hydrogen (secondary N) is 1. The standard InChI is InChI=1S/C21H30N2O3/c1-3-5-6-15-7-9-16(10-8-15)21(25)22-17-11-12-18-19(13-17)26-14-20(24)23(18)4-2/h11-13,15-16H,3-10,14H2,1-2H3,(H,22,25). The minimum Gasteiger partial charge on any atom is -0.481 e. The van der Waals surface area contributed by atoms with Crippen LogP contribution < -0.4 is 15.0 Å². The predicted octanol–water partition coefficient (Wildman–Crippen LogP) is 4.37. The van der Waals surface area contributed by atoms with Gasteiger partial charge < -0.3 is 15.0 Å². The van der Waals surface area contributed by atoms with Gasteiger partial charge in [0.05, 0.1) is 5.69 Å². The normalized spacial score (nSPS) is 22.5. The maximum Gasteiger partial charge on any atom is 0.265 e. The zero-order valence-electron chi connectivity index (χ0n) is 15.9. The van der Waals surface area contributed by atoms with Crippen LogP contribution in [0.25, 0.3) is 0 Å². The summed E-state index contributed by atoms with van der Waals surface area (Å²) in [5.41, 5.74) is 1.52. The molecule has 2 aliphatic rings. The molecule has 142 valence electrons. The van der Waals surface area contributed by atoms with Crippen LogP contribution >= 0.6 is 0 Å². The fraction of sp³-hybridized carbons (Fsp3) is 0.619. The molecule has 0 unspecified atom stereocenters. The summed E-state index contributed by atoms with van der Waals surface area (Å²) in [7, 11) is 0. The molecule has 5 heteroatoms. The topological polar surface area (TPSA) is 58.6 Å². The zero-order valence-corrected chi connectivity index (χ0v) is 15.9. The quantitative estimate of drug-likeness (QED) is 0.821. The summed E-state index contributed by atoms with van der Waals surface area (Å²) < 4.78 is 5.54. The van der Waals surface area contributed by atoms with Crippen molar-refractivity contribution in [2.45, 2.75) is 58.8 Å². The van der Waals surface area contributed by atoms with Gasteiger partial charge in [-0.2, -0.15) is 0 Å². The van der Waals surface area contributed by atoms with Gasteiger partial charge in [-0.25, -0.2) is 0 Å². The van der Waals surface area contributed by atoms with E-state index in [0.29, 0.717) is 12.3 Å². The highest BCUT2D eigenvalue weighted by Crippen LogP contribution is 2.36. The Bertz CT molecular complexity index is 651. The average molecular weight is 358 g/mol. The van der Waals surface area contributed by atoms with E-state index < -0.39 is 0 Å². The smallest absolute Gasteiger partial charge is 0.265 e. The molecule has 1 saturated carbocycles. The van der Waals surface area contributed by atoms with E-state index in [2.05, 4.69) is 12.2 Å². The predicted molar refractivity (Wildman–Crippen MR) is 104 cm³/mol. The van der Waals surface area contributed by atoms with Crippen molar-refractivity contribution in [1.82, 2.24) is 0 Å². The van der Waals surface area contributed by atoms with Crippen molar-refractivity contribution in [3.05, 3.63) is 18.2 Å².